The number of carbonyl (C=O) groups excluding carboxylic acids is 1. The van der Waals surface area contributed by atoms with Gasteiger partial charge in [-0.3, -0.25) is 4.79 Å². The molecule has 2 unspecified atom stereocenters. The second kappa shape index (κ2) is 7.70. The van der Waals surface area contributed by atoms with Crippen LogP contribution >= 0.6 is 0 Å². The number of amides is 1. The zero-order valence-corrected chi connectivity index (χ0v) is 14.8. The van der Waals surface area contributed by atoms with E-state index < -0.39 is 12.0 Å². The zero-order chi connectivity index (χ0) is 18.7. The van der Waals surface area contributed by atoms with Crippen molar-refractivity contribution >= 4 is 11.9 Å². The van der Waals surface area contributed by atoms with Crippen molar-refractivity contribution in [3.8, 4) is 11.3 Å². The number of aliphatic carboxylic acids is 1. The minimum absolute atomic E-state index is 0.147. The van der Waals surface area contributed by atoms with Crippen LogP contribution in [0, 0.1) is 6.92 Å². The van der Waals surface area contributed by atoms with Gasteiger partial charge >= 0.3 is 5.97 Å². The Hall–Kier alpha value is -2.67. The first-order valence-corrected chi connectivity index (χ1v) is 8.54. The Kier molecular flexibility index (Phi) is 5.37. The molecule has 2 heterocycles. The van der Waals surface area contributed by atoms with Crippen LogP contribution in [0.25, 0.3) is 11.3 Å². The summed E-state index contributed by atoms with van der Waals surface area (Å²) in [7, 11) is 1.52. The molecule has 0 bridgehead atoms. The van der Waals surface area contributed by atoms with Crippen molar-refractivity contribution in [2.45, 2.75) is 38.3 Å². The van der Waals surface area contributed by atoms with Crippen LogP contribution in [0.5, 0.6) is 0 Å². The standard InChI is InChI=1S/C19H22N2O5/c1-12-3-5-13(6-4-12)16-10-20-17(26-16)7-8-18(22)21-11-14(25-2)9-15(21)19(23)24/h3-6,10,14-15H,7-9,11H2,1-2H3,(H,23,24). The van der Waals surface area contributed by atoms with Crippen molar-refractivity contribution in [1.82, 2.24) is 9.88 Å². The molecule has 1 saturated heterocycles. The number of carbonyl (C=O) groups is 2. The van der Waals surface area contributed by atoms with E-state index in [0.717, 1.165) is 11.1 Å². The molecule has 1 amide bonds. The summed E-state index contributed by atoms with van der Waals surface area (Å²) in [6, 6.07) is 7.06. The fourth-order valence-electron chi connectivity index (χ4n) is 3.11. The summed E-state index contributed by atoms with van der Waals surface area (Å²) in [6.07, 6.45) is 2.18. The number of methoxy groups -OCH3 is 1. The quantitative estimate of drug-likeness (QED) is 0.852. The van der Waals surface area contributed by atoms with E-state index in [1.165, 1.54) is 12.0 Å². The van der Waals surface area contributed by atoms with Crippen LogP contribution in [0.3, 0.4) is 0 Å². The lowest BCUT2D eigenvalue weighted by atomic mass is 10.1. The van der Waals surface area contributed by atoms with E-state index in [2.05, 4.69) is 4.98 Å². The predicted molar refractivity (Wildman–Crippen MR) is 93.5 cm³/mol. The molecule has 3 rings (SSSR count). The molecular formula is C19H22N2O5. The Morgan fingerprint density at radius 1 is 1.35 bits per heavy atom. The maximum atomic E-state index is 12.4. The van der Waals surface area contributed by atoms with E-state index in [1.807, 2.05) is 31.2 Å². The van der Waals surface area contributed by atoms with Gasteiger partial charge in [-0.25, -0.2) is 9.78 Å². The number of aromatic nitrogens is 1. The molecule has 0 radical (unpaired) electrons. The molecule has 0 spiro atoms. The Labute approximate surface area is 151 Å². The highest BCUT2D eigenvalue weighted by molar-refractivity contribution is 5.84. The van der Waals surface area contributed by atoms with Gasteiger partial charge < -0.3 is 19.2 Å². The van der Waals surface area contributed by atoms with Crippen molar-refractivity contribution in [3.05, 3.63) is 41.9 Å². The number of likely N-dealkylation sites (tertiary alicyclic amines) is 1. The molecular weight excluding hydrogens is 336 g/mol. The Balaban J connectivity index is 1.61. The second-order valence-electron chi connectivity index (χ2n) is 6.48. The Bertz CT molecular complexity index is 783. The number of aryl methyl sites for hydroxylation is 2. The molecule has 1 aromatic heterocycles. The Morgan fingerprint density at radius 3 is 2.73 bits per heavy atom. The predicted octanol–water partition coefficient (Wildman–Crippen LogP) is 2.28. The highest BCUT2D eigenvalue weighted by Gasteiger charge is 2.39. The number of ether oxygens (including phenoxy) is 1. The van der Waals surface area contributed by atoms with Crippen LogP contribution in [-0.2, 0) is 20.7 Å². The van der Waals surface area contributed by atoms with Crippen LogP contribution in [-0.4, -0.2) is 52.7 Å². The number of nitrogens with zero attached hydrogens (tertiary/aromatic N) is 2. The van der Waals surface area contributed by atoms with Crippen LogP contribution in [0.4, 0.5) is 0 Å². The zero-order valence-electron chi connectivity index (χ0n) is 14.8. The normalized spacial score (nSPS) is 19.7. The van der Waals surface area contributed by atoms with Gasteiger partial charge in [0.05, 0.1) is 12.3 Å². The smallest absolute Gasteiger partial charge is 0.326 e. The van der Waals surface area contributed by atoms with Crippen LogP contribution < -0.4 is 0 Å². The van der Waals surface area contributed by atoms with Crippen molar-refractivity contribution in [2.24, 2.45) is 0 Å². The fourth-order valence-corrected chi connectivity index (χ4v) is 3.11. The van der Waals surface area contributed by atoms with Gasteiger partial charge in [-0.05, 0) is 6.92 Å². The van der Waals surface area contributed by atoms with E-state index in [1.54, 1.807) is 6.20 Å². The van der Waals surface area contributed by atoms with Crippen LogP contribution in [0.1, 0.15) is 24.3 Å². The molecule has 1 N–H and O–H groups in total. The fraction of sp³-hybridized carbons (Fsp3) is 0.421. The summed E-state index contributed by atoms with van der Waals surface area (Å²) in [5, 5.41) is 9.30. The highest BCUT2D eigenvalue weighted by atomic mass is 16.5. The maximum absolute atomic E-state index is 12.4. The number of hydrogen-bond acceptors (Lipinski definition) is 5. The molecule has 1 aliphatic rings. The van der Waals surface area contributed by atoms with E-state index in [9.17, 15) is 14.7 Å². The number of hydrogen-bond donors (Lipinski definition) is 1. The molecule has 7 heteroatoms. The molecule has 138 valence electrons. The van der Waals surface area contributed by atoms with E-state index in [0.29, 0.717) is 31.0 Å². The van der Waals surface area contributed by atoms with Gasteiger partial charge in [0.1, 0.15) is 6.04 Å². The lowest BCUT2D eigenvalue weighted by Crippen LogP contribution is -2.40. The third-order valence-electron chi connectivity index (χ3n) is 4.64. The van der Waals surface area contributed by atoms with Gasteiger partial charge in [-0.15, -0.1) is 0 Å². The summed E-state index contributed by atoms with van der Waals surface area (Å²) in [6.45, 7) is 2.31. The molecule has 2 atom stereocenters. The number of carboxylic acid groups (broad SMARTS) is 1. The van der Waals surface area contributed by atoms with Crippen molar-refractivity contribution in [1.29, 1.82) is 0 Å². The van der Waals surface area contributed by atoms with Gasteiger partial charge in [-0.2, -0.15) is 0 Å². The summed E-state index contributed by atoms with van der Waals surface area (Å²) in [4.78, 5) is 29.4. The van der Waals surface area contributed by atoms with Gasteiger partial charge in [0.2, 0.25) is 5.91 Å². The van der Waals surface area contributed by atoms with Gasteiger partial charge in [-0.1, -0.05) is 29.8 Å². The number of oxazole rings is 1. The monoisotopic (exact) mass is 358 g/mol. The van der Waals surface area contributed by atoms with Crippen molar-refractivity contribution in [3.63, 3.8) is 0 Å². The number of benzene rings is 1. The topological polar surface area (TPSA) is 92.9 Å². The first kappa shape index (κ1) is 18.1. The minimum atomic E-state index is -1.00. The number of rotatable bonds is 6. The summed E-state index contributed by atoms with van der Waals surface area (Å²) < 4.78 is 10.9. The lowest BCUT2D eigenvalue weighted by Gasteiger charge is -2.20. The molecule has 2 aromatic rings. The van der Waals surface area contributed by atoms with E-state index in [4.69, 9.17) is 9.15 Å². The largest absolute Gasteiger partial charge is 0.480 e. The SMILES string of the molecule is COC1CC(C(=O)O)N(C(=O)CCc2ncc(-c3ccc(C)cc3)o2)C1. The molecule has 0 saturated carbocycles. The first-order chi connectivity index (χ1) is 12.5. The molecule has 7 nitrogen and oxygen atoms in total. The average Bonchev–Trinajstić information content (AvgIpc) is 3.27. The number of carboxylic acids is 1. The van der Waals surface area contributed by atoms with E-state index >= 15 is 0 Å². The second-order valence-corrected chi connectivity index (χ2v) is 6.48. The maximum Gasteiger partial charge on any atom is 0.326 e. The molecule has 26 heavy (non-hydrogen) atoms. The molecule has 1 aliphatic heterocycles. The third kappa shape index (κ3) is 3.94. The Morgan fingerprint density at radius 2 is 2.08 bits per heavy atom. The van der Waals surface area contributed by atoms with Crippen molar-refractivity contribution in [2.75, 3.05) is 13.7 Å². The van der Waals surface area contributed by atoms with E-state index in [-0.39, 0.29) is 18.4 Å². The molecule has 0 aliphatic carbocycles. The lowest BCUT2D eigenvalue weighted by molar-refractivity contribution is -0.148. The third-order valence-corrected chi connectivity index (χ3v) is 4.64. The summed E-state index contributed by atoms with van der Waals surface area (Å²) in [5.41, 5.74) is 2.08. The van der Waals surface area contributed by atoms with Crippen LogP contribution in [0.2, 0.25) is 0 Å². The summed E-state index contributed by atoms with van der Waals surface area (Å²) >= 11 is 0. The van der Waals surface area contributed by atoms with Crippen molar-refractivity contribution < 1.29 is 23.8 Å². The van der Waals surface area contributed by atoms with Crippen LogP contribution in [0.15, 0.2) is 34.9 Å². The summed E-state index contributed by atoms with van der Waals surface area (Å²) in [5.74, 6) is -0.123. The van der Waals surface area contributed by atoms with Gasteiger partial charge in [0.15, 0.2) is 11.7 Å². The average molecular weight is 358 g/mol. The molecule has 1 fully saturated rings. The molecule has 1 aromatic carbocycles. The minimum Gasteiger partial charge on any atom is -0.480 e. The first-order valence-electron chi connectivity index (χ1n) is 8.54. The van der Waals surface area contributed by atoms with Gasteiger partial charge in [0.25, 0.3) is 0 Å². The highest BCUT2D eigenvalue weighted by Crippen LogP contribution is 2.23. The van der Waals surface area contributed by atoms with Gasteiger partial charge in [0, 0.05) is 38.5 Å².